The Morgan fingerprint density at radius 1 is 1.17 bits per heavy atom. The standard InChI is InChI=1S/C13H14BrN3O5S/c1-21-11-4-3-9(6-12(11)22-2)23(19,20)17-16-13(18)10-5-8(14)7-15-10/h3-7,15,17H,1-2H3,(H,16,18). The summed E-state index contributed by atoms with van der Waals surface area (Å²) in [5, 5.41) is 0. The summed E-state index contributed by atoms with van der Waals surface area (Å²) in [6.07, 6.45) is 1.55. The Hall–Kier alpha value is -2.04. The van der Waals surface area contributed by atoms with Crippen LogP contribution in [0.4, 0.5) is 0 Å². The van der Waals surface area contributed by atoms with Gasteiger partial charge in [0.1, 0.15) is 5.69 Å². The van der Waals surface area contributed by atoms with Crippen molar-refractivity contribution in [2.45, 2.75) is 4.90 Å². The van der Waals surface area contributed by atoms with Crippen molar-refractivity contribution < 1.29 is 22.7 Å². The van der Waals surface area contributed by atoms with Crippen molar-refractivity contribution in [1.29, 1.82) is 0 Å². The number of hydrazine groups is 1. The number of hydrogen-bond donors (Lipinski definition) is 3. The van der Waals surface area contributed by atoms with E-state index in [4.69, 9.17) is 9.47 Å². The van der Waals surface area contributed by atoms with Crippen molar-refractivity contribution in [1.82, 2.24) is 15.2 Å². The zero-order chi connectivity index (χ0) is 17.0. The highest BCUT2D eigenvalue weighted by Gasteiger charge is 2.18. The number of carbonyl (C=O) groups is 1. The average molecular weight is 404 g/mol. The van der Waals surface area contributed by atoms with Crippen molar-refractivity contribution in [3.63, 3.8) is 0 Å². The van der Waals surface area contributed by atoms with E-state index in [0.29, 0.717) is 10.2 Å². The zero-order valence-electron chi connectivity index (χ0n) is 12.2. The number of amides is 1. The van der Waals surface area contributed by atoms with Crippen molar-refractivity contribution >= 4 is 31.9 Å². The third kappa shape index (κ3) is 4.03. The summed E-state index contributed by atoms with van der Waals surface area (Å²) >= 11 is 3.18. The quantitative estimate of drug-likeness (QED) is 0.631. The molecule has 8 nitrogen and oxygen atoms in total. The summed E-state index contributed by atoms with van der Waals surface area (Å²) in [4.78, 5) is 16.4. The fourth-order valence-corrected chi connectivity index (χ4v) is 2.92. The first-order valence-corrected chi connectivity index (χ1v) is 8.53. The molecule has 3 N–H and O–H groups in total. The van der Waals surface area contributed by atoms with Crippen LogP contribution in [-0.2, 0) is 10.0 Å². The molecule has 1 aromatic heterocycles. The van der Waals surface area contributed by atoms with Gasteiger partial charge in [-0.3, -0.25) is 10.2 Å². The Morgan fingerprint density at radius 3 is 2.43 bits per heavy atom. The molecule has 0 bridgehead atoms. The first kappa shape index (κ1) is 17.3. The van der Waals surface area contributed by atoms with Gasteiger partial charge in [0.2, 0.25) is 0 Å². The van der Waals surface area contributed by atoms with E-state index in [-0.39, 0.29) is 16.3 Å². The second kappa shape index (κ2) is 7.02. The van der Waals surface area contributed by atoms with Gasteiger partial charge < -0.3 is 14.5 Å². The molecule has 1 amide bonds. The summed E-state index contributed by atoms with van der Waals surface area (Å²) in [6.45, 7) is 0. The van der Waals surface area contributed by atoms with Gasteiger partial charge >= 0.3 is 0 Å². The third-order valence-electron chi connectivity index (χ3n) is 2.86. The smallest absolute Gasteiger partial charge is 0.282 e. The van der Waals surface area contributed by atoms with E-state index in [2.05, 4.69) is 26.3 Å². The van der Waals surface area contributed by atoms with Gasteiger partial charge in [-0.15, -0.1) is 4.83 Å². The van der Waals surface area contributed by atoms with E-state index >= 15 is 0 Å². The molecule has 2 rings (SSSR count). The van der Waals surface area contributed by atoms with E-state index in [0.717, 1.165) is 0 Å². The third-order valence-corrected chi connectivity index (χ3v) is 4.56. The fourth-order valence-electron chi connectivity index (χ4n) is 1.72. The number of ether oxygens (including phenoxy) is 2. The minimum Gasteiger partial charge on any atom is -0.493 e. The van der Waals surface area contributed by atoms with Crippen LogP contribution in [0.5, 0.6) is 11.5 Å². The molecule has 0 atom stereocenters. The van der Waals surface area contributed by atoms with Crippen LogP contribution in [0.3, 0.4) is 0 Å². The van der Waals surface area contributed by atoms with E-state index in [1.807, 2.05) is 4.83 Å². The van der Waals surface area contributed by atoms with Gasteiger partial charge in [0.25, 0.3) is 15.9 Å². The van der Waals surface area contributed by atoms with Crippen LogP contribution in [0.2, 0.25) is 0 Å². The monoisotopic (exact) mass is 403 g/mol. The van der Waals surface area contributed by atoms with E-state index in [1.165, 1.54) is 38.5 Å². The SMILES string of the molecule is COc1ccc(S(=O)(=O)NNC(=O)c2cc(Br)c[nH]2)cc1OC. The number of carbonyl (C=O) groups excluding carboxylic acids is 1. The van der Waals surface area contributed by atoms with Crippen molar-refractivity contribution in [2.24, 2.45) is 0 Å². The molecule has 1 heterocycles. The second-order valence-corrected chi connectivity index (χ2v) is 6.91. The normalized spacial score (nSPS) is 11.1. The lowest BCUT2D eigenvalue weighted by atomic mass is 10.3. The molecule has 0 spiro atoms. The molecule has 2 aromatic rings. The Bertz CT molecular complexity index is 819. The molecule has 0 unspecified atom stereocenters. The predicted octanol–water partition coefficient (Wildman–Crippen LogP) is 1.42. The number of sulfonamides is 1. The van der Waals surface area contributed by atoms with Gasteiger partial charge in [0, 0.05) is 16.7 Å². The van der Waals surface area contributed by atoms with Gasteiger partial charge in [-0.05, 0) is 34.1 Å². The lowest BCUT2D eigenvalue weighted by Gasteiger charge is -2.11. The van der Waals surface area contributed by atoms with Crippen LogP contribution in [0, 0.1) is 0 Å². The van der Waals surface area contributed by atoms with Gasteiger partial charge in [0.15, 0.2) is 11.5 Å². The molecule has 0 saturated heterocycles. The number of hydrogen-bond acceptors (Lipinski definition) is 5. The molecule has 0 aliphatic rings. The minimum atomic E-state index is -3.96. The van der Waals surface area contributed by atoms with Gasteiger partial charge in [0.05, 0.1) is 19.1 Å². The lowest BCUT2D eigenvalue weighted by Crippen LogP contribution is -2.41. The molecule has 0 aliphatic carbocycles. The highest BCUT2D eigenvalue weighted by molar-refractivity contribution is 9.10. The predicted molar refractivity (Wildman–Crippen MR) is 85.8 cm³/mol. The summed E-state index contributed by atoms with van der Waals surface area (Å²) in [5.41, 5.74) is 2.32. The fraction of sp³-hybridized carbons (Fsp3) is 0.154. The maximum atomic E-state index is 12.2. The molecule has 10 heteroatoms. The number of methoxy groups -OCH3 is 2. The van der Waals surface area contributed by atoms with E-state index < -0.39 is 15.9 Å². The Balaban J connectivity index is 2.14. The van der Waals surface area contributed by atoms with Crippen molar-refractivity contribution in [3.8, 4) is 11.5 Å². The van der Waals surface area contributed by atoms with Crippen LogP contribution in [0.1, 0.15) is 10.5 Å². The molecule has 1 aromatic carbocycles. The number of nitrogens with one attached hydrogen (secondary N) is 3. The first-order chi connectivity index (χ1) is 10.9. The van der Waals surface area contributed by atoms with E-state index in [9.17, 15) is 13.2 Å². The van der Waals surface area contributed by atoms with Crippen LogP contribution < -0.4 is 19.7 Å². The summed E-state index contributed by atoms with van der Waals surface area (Å²) in [5.74, 6) is 0.0291. The highest BCUT2D eigenvalue weighted by atomic mass is 79.9. The largest absolute Gasteiger partial charge is 0.493 e. The molecule has 124 valence electrons. The average Bonchev–Trinajstić information content (AvgIpc) is 2.98. The van der Waals surface area contributed by atoms with Crippen LogP contribution >= 0.6 is 15.9 Å². The molecular weight excluding hydrogens is 390 g/mol. The number of rotatable bonds is 6. The Kier molecular flexibility index (Phi) is 5.29. The summed E-state index contributed by atoms with van der Waals surface area (Å²) in [6, 6.07) is 5.59. The molecule has 0 fully saturated rings. The summed E-state index contributed by atoms with van der Waals surface area (Å²) < 4.78 is 35.2. The highest BCUT2D eigenvalue weighted by Crippen LogP contribution is 2.29. The maximum Gasteiger partial charge on any atom is 0.282 e. The van der Waals surface area contributed by atoms with Crippen LogP contribution in [-0.4, -0.2) is 33.5 Å². The lowest BCUT2D eigenvalue weighted by molar-refractivity contribution is 0.0940. The van der Waals surface area contributed by atoms with E-state index in [1.54, 1.807) is 6.20 Å². The second-order valence-electron chi connectivity index (χ2n) is 4.31. The Labute approximate surface area is 141 Å². The number of H-pyrrole nitrogens is 1. The number of aromatic amines is 1. The molecular formula is C13H14BrN3O5S. The molecule has 0 radical (unpaired) electrons. The van der Waals surface area contributed by atoms with Crippen molar-refractivity contribution in [2.75, 3.05) is 14.2 Å². The number of aromatic nitrogens is 1. The van der Waals surface area contributed by atoms with Crippen LogP contribution in [0.25, 0.3) is 0 Å². The van der Waals surface area contributed by atoms with Gasteiger partial charge in [-0.2, -0.15) is 0 Å². The van der Waals surface area contributed by atoms with Gasteiger partial charge in [-0.1, -0.05) is 0 Å². The first-order valence-electron chi connectivity index (χ1n) is 6.25. The summed E-state index contributed by atoms with van der Waals surface area (Å²) in [7, 11) is -1.12. The zero-order valence-corrected chi connectivity index (χ0v) is 14.6. The number of halogens is 1. The van der Waals surface area contributed by atoms with Gasteiger partial charge in [-0.25, -0.2) is 8.42 Å². The molecule has 0 saturated carbocycles. The maximum absolute atomic E-state index is 12.2. The van der Waals surface area contributed by atoms with Crippen LogP contribution in [0.15, 0.2) is 39.8 Å². The number of benzene rings is 1. The Morgan fingerprint density at radius 2 is 1.87 bits per heavy atom. The minimum absolute atomic E-state index is 0.0804. The van der Waals surface area contributed by atoms with Crippen molar-refractivity contribution in [3.05, 3.63) is 40.6 Å². The topological polar surface area (TPSA) is 110 Å². The molecule has 23 heavy (non-hydrogen) atoms. The molecule has 0 aliphatic heterocycles.